The lowest BCUT2D eigenvalue weighted by molar-refractivity contribution is -0.137. The summed E-state index contributed by atoms with van der Waals surface area (Å²) in [6, 6.07) is 7.59. The number of unbranched alkanes of at least 4 members (excludes halogenated alkanes) is 2. The van der Waals surface area contributed by atoms with Crippen LogP contribution < -0.4 is 4.74 Å². The molecule has 4 heteroatoms. The van der Waals surface area contributed by atoms with Crippen molar-refractivity contribution in [1.82, 2.24) is 0 Å². The average molecular weight is 248 g/mol. The Labute approximate surface area is 105 Å². The van der Waals surface area contributed by atoms with E-state index in [-0.39, 0.29) is 6.42 Å². The number of fused-ring (bicyclic) bond motifs is 1. The molecule has 0 saturated carbocycles. The summed E-state index contributed by atoms with van der Waals surface area (Å²) in [4.78, 5) is 10.3. The Balaban J connectivity index is 1.76. The summed E-state index contributed by atoms with van der Waals surface area (Å²) in [5, 5.41) is 9.48. The van der Waals surface area contributed by atoms with Crippen LogP contribution in [-0.2, 0) is 4.79 Å². The molecule has 0 aliphatic carbocycles. The zero-order chi connectivity index (χ0) is 12.8. The van der Waals surface area contributed by atoms with Gasteiger partial charge in [0.2, 0.25) is 0 Å². The van der Waals surface area contributed by atoms with Crippen molar-refractivity contribution in [2.45, 2.75) is 25.7 Å². The van der Waals surface area contributed by atoms with Gasteiger partial charge in [-0.05, 0) is 37.5 Å². The van der Waals surface area contributed by atoms with Crippen LogP contribution in [0.3, 0.4) is 0 Å². The highest BCUT2D eigenvalue weighted by Crippen LogP contribution is 2.26. The molecule has 0 bridgehead atoms. The summed E-state index contributed by atoms with van der Waals surface area (Å²) in [7, 11) is 0. The van der Waals surface area contributed by atoms with Crippen LogP contribution >= 0.6 is 0 Å². The first-order valence-electron chi connectivity index (χ1n) is 6.08. The Morgan fingerprint density at radius 2 is 2.11 bits per heavy atom. The third-order valence-corrected chi connectivity index (χ3v) is 2.75. The lowest BCUT2D eigenvalue weighted by Gasteiger charge is -2.06. The van der Waals surface area contributed by atoms with Crippen LogP contribution in [0.25, 0.3) is 11.0 Å². The molecule has 18 heavy (non-hydrogen) atoms. The van der Waals surface area contributed by atoms with E-state index in [0.29, 0.717) is 13.0 Å². The van der Waals surface area contributed by atoms with Crippen LogP contribution in [0.15, 0.2) is 34.9 Å². The molecule has 1 aromatic carbocycles. The maximum Gasteiger partial charge on any atom is 0.303 e. The number of rotatable bonds is 7. The van der Waals surface area contributed by atoms with Gasteiger partial charge in [-0.25, -0.2) is 0 Å². The molecule has 0 unspecified atom stereocenters. The minimum Gasteiger partial charge on any atom is -0.493 e. The SMILES string of the molecule is O=C(O)CCCCCOc1cccc2occc12. The molecule has 0 saturated heterocycles. The number of hydrogen-bond donors (Lipinski definition) is 1. The highest BCUT2D eigenvalue weighted by Gasteiger charge is 2.03. The van der Waals surface area contributed by atoms with E-state index in [9.17, 15) is 4.79 Å². The van der Waals surface area contributed by atoms with Crippen molar-refractivity contribution >= 4 is 16.9 Å². The van der Waals surface area contributed by atoms with Gasteiger partial charge in [0.1, 0.15) is 11.3 Å². The third kappa shape index (κ3) is 3.26. The molecule has 0 fully saturated rings. The Morgan fingerprint density at radius 3 is 2.94 bits per heavy atom. The molecule has 0 amide bonds. The molecule has 0 radical (unpaired) electrons. The largest absolute Gasteiger partial charge is 0.493 e. The first-order valence-corrected chi connectivity index (χ1v) is 6.08. The van der Waals surface area contributed by atoms with Crippen molar-refractivity contribution in [2.75, 3.05) is 6.61 Å². The van der Waals surface area contributed by atoms with Crippen molar-refractivity contribution in [2.24, 2.45) is 0 Å². The number of benzene rings is 1. The van der Waals surface area contributed by atoms with Crippen molar-refractivity contribution in [3.63, 3.8) is 0 Å². The van der Waals surface area contributed by atoms with Gasteiger partial charge in [-0.15, -0.1) is 0 Å². The molecule has 2 aromatic rings. The van der Waals surface area contributed by atoms with Crippen molar-refractivity contribution in [1.29, 1.82) is 0 Å². The highest BCUT2D eigenvalue weighted by molar-refractivity contribution is 5.83. The van der Waals surface area contributed by atoms with E-state index in [0.717, 1.165) is 29.6 Å². The number of carboxylic acid groups (broad SMARTS) is 1. The van der Waals surface area contributed by atoms with Crippen LogP contribution in [0, 0.1) is 0 Å². The molecule has 1 N–H and O–H groups in total. The van der Waals surface area contributed by atoms with Gasteiger partial charge in [-0.2, -0.15) is 0 Å². The minimum absolute atomic E-state index is 0.233. The van der Waals surface area contributed by atoms with E-state index < -0.39 is 5.97 Å². The molecule has 96 valence electrons. The van der Waals surface area contributed by atoms with Crippen LogP contribution in [0.4, 0.5) is 0 Å². The molecule has 1 aromatic heterocycles. The predicted molar refractivity (Wildman–Crippen MR) is 67.8 cm³/mol. The fourth-order valence-electron chi connectivity index (χ4n) is 1.83. The number of carbonyl (C=O) groups is 1. The molecular weight excluding hydrogens is 232 g/mol. The summed E-state index contributed by atoms with van der Waals surface area (Å²) >= 11 is 0. The summed E-state index contributed by atoms with van der Waals surface area (Å²) in [6.07, 6.45) is 4.31. The lowest BCUT2D eigenvalue weighted by Crippen LogP contribution is -1.99. The fraction of sp³-hybridized carbons (Fsp3) is 0.357. The molecular formula is C14H16O4. The van der Waals surface area contributed by atoms with Gasteiger partial charge in [-0.1, -0.05) is 6.07 Å². The molecule has 0 atom stereocenters. The van der Waals surface area contributed by atoms with Crippen LogP contribution in [0.5, 0.6) is 5.75 Å². The van der Waals surface area contributed by atoms with Crippen molar-refractivity contribution < 1.29 is 19.1 Å². The summed E-state index contributed by atoms with van der Waals surface area (Å²) < 4.78 is 11.0. The number of carboxylic acids is 1. The zero-order valence-corrected chi connectivity index (χ0v) is 10.1. The van der Waals surface area contributed by atoms with E-state index >= 15 is 0 Å². The topological polar surface area (TPSA) is 59.7 Å². The molecule has 2 rings (SSSR count). The first-order chi connectivity index (χ1) is 8.77. The molecule has 1 heterocycles. The van der Waals surface area contributed by atoms with E-state index in [1.54, 1.807) is 6.26 Å². The second-order valence-corrected chi connectivity index (χ2v) is 4.14. The first kappa shape index (κ1) is 12.5. The molecule has 0 aliphatic heterocycles. The monoisotopic (exact) mass is 248 g/mol. The number of ether oxygens (including phenoxy) is 1. The normalized spacial score (nSPS) is 10.7. The second kappa shape index (κ2) is 6.10. The Bertz CT molecular complexity index is 515. The van der Waals surface area contributed by atoms with Crippen LogP contribution in [0.2, 0.25) is 0 Å². The second-order valence-electron chi connectivity index (χ2n) is 4.14. The molecule has 0 aliphatic rings. The maximum atomic E-state index is 10.3. The van der Waals surface area contributed by atoms with Gasteiger partial charge in [0.15, 0.2) is 0 Å². The Kier molecular flexibility index (Phi) is 4.23. The zero-order valence-electron chi connectivity index (χ0n) is 10.1. The predicted octanol–water partition coefficient (Wildman–Crippen LogP) is 3.46. The van der Waals surface area contributed by atoms with Gasteiger partial charge in [-0.3, -0.25) is 4.79 Å². The quantitative estimate of drug-likeness (QED) is 0.762. The average Bonchev–Trinajstić information content (AvgIpc) is 2.82. The Morgan fingerprint density at radius 1 is 1.22 bits per heavy atom. The lowest BCUT2D eigenvalue weighted by atomic mass is 10.2. The third-order valence-electron chi connectivity index (χ3n) is 2.75. The minimum atomic E-state index is -0.737. The van der Waals surface area contributed by atoms with Gasteiger partial charge in [0.25, 0.3) is 0 Å². The maximum absolute atomic E-state index is 10.3. The van der Waals surface area contributed by atoms with Crippen LogP contribution in [-0.4, -0.2) is 17.7 Å². The van der Waals surface area contributed by atoms with Crippen molar-refractivity contribution in [3.8, 4) is 5.75 Å². The van der Waals surface area contributed by atoms with Crippen molar-refractivity contribution in [3.05, 3.63) is 30.5 Å². The standard InChI is InChI=1S/C14H16O4/c15-14(16)7-2-1-3-9-17-12-5-4-6-13-11(12)8-10-18-13/h4-6,8,10H,1-3,7,9H2,(H,15,16). The van der Waals surface area contributed by atoms with Gasteiger partial charge < -0.3 is 14.3 Å². The number of furan rings is 1. The number of aliphatic carboxylic acids is 1. The van der Waals surface area contributed by atoms with E-state index in [4.69, 9.17) is 14.3 Å². The van der Waals surface area contributed by atoms with Gasteiger partial charge in [0, 0.05) is 6.42 Å². The summed E-state index contributed by atoms with van der Waals surface area (Å²) in [6.45, 7) is 0.601. The number of hydrogen-bond acceptors (Lipinski definition) is 3. The summed E-state index contributed by atoms with van der Waals surface area (Å²) in [5.74, 6) is 0.0820. The van der Waals surface area contributed by atoms with Gasteiger partial charge in [0.05, 0.1) is 18.3 Å². The van der Waals surface area contributed by atoms with E-state index in [1.807, 2.05) is 24.3 Å². The van der Waals surface area contributed by atoms with E-state index in [1.165, 1.54) is 0 Å². The van der Waals surface area contributed by atoms with Crippen LogP contribution in [0.1, 0.15) is 25.7 Å². The Hall–Kier alpha value is -1.97. The molecule has 4 nitrogen and oxygen atoms in total. The summed E-state index contributed by atoms with van der Waals surface area (Å²) in [5.41, 5.74) is 0.818. The molecule has 0 spiro atoms. The van der Waals surface area contributed by atoms with Gasteiger partial charge >= 0.3 is 5.97 Å². The highest BCUT2D eigenvalue weighted by atomic mass is 16.5. The smallest absolute Gasteiger partial charge is 0.303 e. The fourth-order valence-corrected chi connectivity index (χ4v) is 1.83. The van der Waals surface area contributed by atoms with E-state index in [2.05, 4.69) is 0 Å².